The number of rotatable bonds is 3. The molecular formula is C18H17F3N2O2. The first kappa shape index (κ1) is 17.1. The summed E-state index contributed by atoms with van der Waals surface area (Å²) < 4.78 is 45.0. The minimum absolute atomic E-state index is 0.0561. The first-order valence-corrected chi connectivity index (χ1v) is 7.68. The summed E-state index contributed by atoms with van der Waals surface area (Å²) in [6.07, 6.45) is -4.55. The number of methoxy groups -OCH3 is 1. The Bertz CT molecular complexity index is 788. The van der Waals surface area contributed by atoms with Crippen LogP contribution in [0.15, 0.2) is 42.5 Å². The number of ether oxygens (including phenoxy) is 1. The highest BCUT2D eigenvalue weighted by atomic mass is 19.4. The second kappa shape index (κ2) is 6.31. The zero-order valence-corrected chi connectivity index (χ0v) is 13.7. The molecule has 3 rings (SSSR count). The molecule has 1 atom stereocenters. The number of carbonyl (C=O) groups excluding carboxylic acids is 1. The fourth-order valence-electron chi connectivity index (χ4n) is 2.87. The maximum absolute atomic E-state index is 13.3. The molecule has 0 spiro atoms. The molecule has 2 amide bonds. The Morgan fingerprint density at radius 2 is 1.84 bits per heavy atom. The van der Waals surface area contributed by atoms with Crippen molar-refractivity contribution < 1.29 is 22.7 Å². The van der Waals surface area contributed by atoms with Crippen LogP contribution in [0.2, 0.25) is 0 Å². The van der Waals surface area contributed by atoms with Gasteiger partial charge >= 0.3 is 12.2 Å². The molecule has 1 aliphatic heterocycles. The van der Waals surface area contributed by atoms with Crippen LogP contribution in [0.25, 0.3) is 0 Å². The SMILES string of the molecule is COc1ccc(CN2C(=O)N[C@@H](C(F)(F)F)c3cc(C)ccc32)cc1. The largest absolute Gasteiger partial charge is 0.497 e. The Kier molecular flexibility index (Phi) is 4.32. The molecule has 1 N–H and O–H groups in total. The van der Waals surface area contributed by atoms with E-state index in [1.807, 2.05) is 0 Å². The zero-order valence-electron chi connectivity index (χ0n) is 13.7. The van der Waals surface area contributed by atoms with Crippen LogP contribution >= 0.6 is 0 Å². The second-order valence-corrected chi connectivity index (χ2v) is 5.92. The van der Waals surface area contributed by atoms with Crippen LogP contribution in [-0.2, 0) is 6.54 Å². The lowest BCUT2D eigenvalue weighted by Crippen LogP contribution is -2.50. The minimum Gasteiger partial charge on any atom is -0.497 e. The summed E-state index contributed by atoms with van der Waals surface area (Å²) in [6, 6.07) is 8.99. The number of alkyl halides is 3. The van der Waals surface area contributed by atoms with Crippen LogP contribution in [0, 0.1) is 6.92 Å². The van der Waals surface area contributed by atoms with Crippen molar-refractivity contribution in [3.05, 3.63) is 59.2 Å². The molecule has 7 heteroatoms. The molecule has 0 aliphatic carbocycles. The third-order valence-electron chi connectivity index (χ3n) is 4.12. The fraction of sp³-hybridized carbons (Fsp3) is 0.278. The van der Waals surface area contributed by atoms with Gasteiger partial charge in [-0.1, -0.05) is 29.8 Å². The number of fused-ring (bicyclic) bond motifs is 1. The van der Waals surface area contributed by atoms with E-state index in [9.17, 15) is 18.0 Å². The fourth-order valence-corrected chi connectivity index (χ4v) is 2.87. The van der Waals surface area contributed by atoms with E-state index in [0.29, 0.717) is 11.3 Å². The Morgan fingerprint density at radius 1 is 1.16 bits per heavy atom. The second-order valence-electron chi connectivity index (χ2n) is 5.92. The smallest absolute Gasteiger partial charge is 0.413 e. The van der Waals surface area contributed by atoms with E-state index < -0.39 is 18.2 Å². The van der Waals surface area contributed by atoms with Crippen LogP contribution in [-0.4, -0.2) is 19.3 Å². The monoisotopic (exact) mass is 350 g/mol. The number of benzene rings is 2. The van der Waals surface area contributed by atoms with Gasteiger partial charge < -0.3 is 10.1 Å². The molecule has 25 heavy (non-hydrogen) atoms. The lowest BCUT2D eigenvalue weighted by molar-refractivity contribution is -0.155. The van der Waals surface area contributed by atoms with Crippen molar-refractivity contribution in [3.8, 4) is 5.75 Å². The maximum atomic E-state index is 13.3. The number of anilines is 1. The molecule has 0 bridgehead atoms. The highest BCUT2D eigenvalue weighted by molar-refractivity contribution is 5.95. The van der Waals surface area contributed by atoms with Gasteiger partial charge in [-0.25, -0.2) is 4.79 Å². The summed E-state index contributed by atoms with van der Waals surface area (Å²) in [5, 5.41) is 2.07. The van der Waals surface area contributed by atoms with E-state index in [0.717, 1.165) is 5.56 Å². The van der Waals surface area contributed by atoms with Crippen molar-refractivity contribution in [2.24, 2.45) is 0 Å². The lowest BCUT2D eigenvalue weighted by Gasteiger charge is -2.36. The molecule has 0 unspecified atom stereocenters. The Hall–Kier alpha value is -2.70. The molecular weight excluding hydrogens is 333 g/mol. The van der Waals surface area contributed by atoms with Gasteiger partial charge in [0.25, 0.3) is 0 Å². The van der Waals surface area contributed by atoms with Crippen molar-refractivity contribution in [3.63, 3.8) is 0 Å². The molecule has 4 nitrogen and oxygen atoms in total. The van der Waals surface area contributed by atoms with Crippen LogP contribution < -0.4 is 15.0 Å². The van der Waals surface area contributed by atoms with E-state index in [4.69, 9.17) is 4.74 Å². The van der Waals surface area contributed by atoms with Crippen molar-refractivity contribution in [1.29, 1.82) is 0 Å². The van der Waals surface area contributed by atoms with Crippen molar-refractivity contribution in [1.82, 2.24) is 5.32 Å². The average molecular weight is 350 g/mol. The van der Waals surface area contributed by atoms with Crippen LogP contribution in [0.3, 0.4) is 0 Å². The van der Waals surface area contributed by atoms with Gasteiger partial charge in [-0.15, -0.1) is 0 Å². The van der Waals surface area contributed by atoms with Gasteiger partial charge in [0, 0.05) is 5.56 Å². The van der Waals surface area contributed by atoms with Gasteiger partial charge in [0.2, 0.25) is 0 Å². The highest BCUT2D eigenvalue weighted by Crippen LogP contribution is 2.41. The van der Waals surface area contributed by atoms with E-state index in [1.165, 1.54) is 11.0 Å². The van der Waals surface area contributed by atoms with E-state index in [2.05, 4.69) is 5.32 Å². The third-order valence-corrected chi connectivity index (χ3v) is 4.12. The van der Waals surface area contributed by atoms with Crippen LogP contribution in [0.4, 0.5) is 23.7 Å². The quantitative estimate of drug-likeness (QED) is 0.895. The standard InChI is InChI=1S/C18H17F3N2O2/c1-11-3-8-15-14(9-11)16(18(19,20)21)22-17(24)23(15)10-12-4-6-13(25-2)7-5-12/h3-9,16H,10H2,1-2H3,(H,22,24)/t16-/m1/s1. The van der Waals surface area contributed by atoms with Gasteiger partial charge in [0.15, 0.2) is 6.04 Å². The zero-order chi connectivity index (χ0) is 18.2. The first-order valence-electron chi connectivity index (χ1n) is 7.68. The Balaban J connectivity index is 1.98. The number of carbonyl (C=O) groups is 1. The topological polar surface area (TPSA) is 41.6 Å². The molecule has 0 saturated heterocycles. The van der Waals surface area contributed by atoms with Crippen molar-refractivity contribution in [2.75, 3.05) is 12.0 Å². The summed E-state index contributed by atoms with van der Waals surface area (Å²) in [5.41, 5.74) is 1.81. The predicted octanol–water partition coefficient (Wildman–Crippen LogP) is 4.34. The molecule has 0 fully saturated rings. The van der Waals surface area contributed by atoms with Crippen molar-refractivity contribution in [2.45, 2.75) is 25.7 Å². The lowest BCUT2D eigenvalue weighted by atomic mass is 9.98. The van der Waals surface area contributed by atoms with Gasteiger partial charge in [-0.2, -0.15) is 13.2 Å². The summed E-state index contributed by atoms with van der Waals surface area (Å²) in [7, 11) is 1.54. The number of nitrogens with one attached hydrogen (secondary N) is 1. The number of halogens is 3. The number of aryl methyl sites for hydroxylation is 1. The van der Waals surface area contributed by atoms with Gasteiger partial charge in [0.05, 0.1) is 19.3 Å². The summed E-state index contributed by atoms with van der Waals surface area (Å²) in [4.78, 5) is 13.6. The number of urea groups is 1. The van der Waals surface area contributed by atoms with Crippen molar-refractivity contribution >= 4 is 11.7 Å². The molecule has 1 aliphatic rings. The summed E-state index contributed by atoms with van der Waals surface area (Å²) >= 11 is 0. The third kappa shape index (κ3) is 3.40. The molecule has 2 aromatic rings. The van der Waals surface area contributed by atoms with Gasteiger partial charge in [-0.05, 0) is 30.7 Å². The molecule has 0 aromatic heterocycles. The highest BCUT2D eigenvalue weighted by Gasteiger charge is 2.47. The van der Waals surface area contributed by atoms with Crippen LogP contribution in [0.5, 0.6) is 5.75 Å². The summed E-state index contributed by atoms with van der Waals surface area (Å²) in [5.74, 6) is 0.667. The molecule has 132 valence electrons. The van der Waals surface area contributed by atoms with E-state index in [-0.39, 0.29) is 17.8 Å². The molecule has 0 saturated carbocycles. The first-order chi connectivity index (χ1) is 11.8. The normalized spacial score (nSPS) is 17.1. The predicted molar refractivity (Wildman–Crippen MR) is 87.7 cm³/mol. The summed E-state index contributed by atoms with van der Waals surface area (Å²) in [6.45, 7) is 1.88. The number of amides is 2. The maximum Gasteiger partial charge on any atom is 0.413 e. The molecule has 2 aromatic carbocycles. The minimum atomic E-state index is -4.55. The molecule has 1 heterocycles. The number of hydrogen-bond donors (Lipinski definition) is 1. The van der Waals surface area contributed by atoms with E-state index >= 15 is 0 Å². The average Bonchev–Trinajstić information content (AvgIpc) is 2.56. The van der Waals surface area contributed by atoms with Crippen LogP contribution in [0.1, 0.15) is 22.7 Å². The number of hydrogen-bond acceptors (Lipinski definition) is 2. The van der Waals surface area contributed by atoms with Gasteiger partial charge in [-0.3, -0.25) is 4.90 Å². The number of nitrogens with zero attached hydrogens (tertiary/aromatic N) is 1. The Labute approximate surface area is 143 Å². The molecule has 0 radical (unpaired) electrons. The Morgan fingerprint density at radius 3 is 2.44 bits per heavy atom. The van der Waals surface area contributed by atoms with Gasteiger partial charge in [0.1, 0.15) is 5.75 Å². The van der Waals surface area contributed by atoms with E-state index in [1.54, 1.807) is 50.4 Å².